The molecule has 1 saturated heterocycles. The molecule has 2 amide bonds. The van der Waals surface area contributed by atoms with Crippen molar-refractivity contribution in [2.75, 3.05) is 6.61 Å². The number of imide groups is 1. The van der Waals surface area contributed by atoms with Gasteiger partial charge in [-0.05, 0) is 16.8 Å². The van der Waals surface area contributed by atoms with E-state index in [-0.39, 0.29) is 5.56 Å². The molecule has 5 N–H and O–H groups in total. The van der Waals surface area contributed by atoms with Crippen LogP contribution in [0.25, 0.3) is 43.4 Å². The van der Waals surface area contributed by atoms with Gasteiger partial charge >= 0.3 is 0 Å². The van der Waals surface area contributed by atoms with Gasteiger partial charge in [-0.1, -0.05) is 54.6 Å². The lowest BCUT2D eigenvalue weighted by atomic mass is 9.91. The number of nitrogens with one attached hydrogen (secondary N) is 1. The summed E-state index contributed by atoms with van der Waals surface area (Å²) in [7, 11) is 0. The van der Waals surface area contributed by atoms with Crippen LogP contribution < -0.4 is 5.32 Å². The van der Waals surface area contributed by atoms with E-state index in [0.29, 0.717) is 38.1 Å². The molecule has 37 heavy (non-hydrogen) atoms. The molecule has 1 aromatic heterocycles. The molecule has 5 atom stereocenters. The van der Waals surface area contributed by atoms with Crippen molar-refractivity contribution < 1.29 is 34.8 Å². The van der Waals surface area contributed by atoms with Gasteiger partial charge in [-0.3, -0.25) is 14.9 Å². The predicted octanol–water partition coefficient (Wildman–Crippen LogP) is 1.96. The number of aliphatic hydroxyl groups is 4. The number of para-hydroxylation sites is 1. The van der Waals surface area contributed by atoms with E-state index in [9.17, 15) is 30.0 Å². The molecule has 7 rings (SSSR count). The van der Waals surface area contributed by atoms with Gasteiger partial charge in [0.15, 0.2) is 6.23 Å². The van der Waals surface area contributed by atoms with Gasteiger partial charge in [0.05, 0.1) is 28.8 Å². The highest BCUT2D eigenvalue weighted by Crippen LogP contribution is 2.46. The summed E-state index contributed by atoms with van der Waals surface area (Å²) in [5.41, 5.74) is 1.66. The lowest BCUT2D eigenvalue weighted by Gasteiger charge is -2.41. The predicted molar refractivity (Wildman–Crippen MR) is 135 cm³/mol. The quantitative estimate of drug-likeness (QED) is 0.185. The minimum absolute atomic E-state index is 0.239. The highest BCUT2D eigenvalue weighted by Gasteiger charge is 2.46. The molecule has 0 bridgehead atoms. The molecule has 2 aliphatic heterocycles. The van der Waals surface area contributed by atoms with Crippen molar-refractivity contribution >= 4 is 55.2 Å². The monoisotopic (exact) mass is 498 g/mol. The summed E-state index contributed by atoms with van der Waals surface area (Å²) in [5.74, 6) is -0.996. The summed E-state index contributed by atoms with van der Waals surface area (Å²) < 4.78 is 7.68. The second-order valence-corrected chi connectivity index (χ2v) is 9.57. The Hall–Kier alpha value is -3.86. The first-order chi connectivity index (χ1) is 17.9. The number of benzene rings is 4. The Kier molecular flexibility index (Phi) is 4.72. The molecule has 0 radical (unpaired) electrons. The number of aromatic nitrogens is 1. The van der Waals surface area contributed by atoms with Crippen LogP contribution in [0.15, 0.2) is 60.7 Å². The zero-order valence-electron chi connectivity index (χ0n) is 19.3. The van der Waals surface area contributed by atoms with Crippen LogP contribution in [0.3, 0.4) is 0 Å². The molecule has 9 nitrogen and oxygen atoms in total. The molecule has 0 unspecified atom stereocenters. The molecular weight excluding hydrogens is 476 g/mol. The van der Waals surface area contributed by atoms with E-state index in [1.54, 1.807) is 16.7 Å². The van der Waals surface area contributed by atoms with E-state index in [1.165, 1.54) is 0 Å². The Bertz CT molecular complexity index is 1790. The largest absolute Gasteiger partial charge is 0.394 e. The molecule has 0 aliphatic carbocycles. The Morgan fingerprint density at radius 3 is 2.19 bits per heavy atom. The minimum Gasteiger partial charge on any atom is -0.394 e. The first-order valence-electron chi connectivity index (χ1n) is 12.0. The van der Waals surface area contributed by atoms with Crippen molar-refractivity contribution in [3.63, 3.8) is 0 Å². The fourth-order valence-electron chi connectivity index (χ4n) is 6.01. The smallest absolute Gasteiger partial charge is 0.259 e. The van der Waals surface area contributed by atoms with Crippen molar-refractivity contribution in [3.8, 4) is 0 Å². The number of fused-ring (bicyclic) bond motifs is 10. The van der Waals surface area contributed by atoms with Gasteiger partial charge in [0, 0.05) is 21.5 Å². The summed E-state index contributed by atoms with van der Waals surface area (Å²) >= 11 is 0. The Labute approximate surface area is 209 Å². The van der Waals surface area contributed by atoms with E-state index >= 15 is 0 Å². The van der Waals surface area contributed by atoms with Crippen LogP contribution in [0.1, 0.15) is 26.9 Å². The molecular formula is C28H22N2O7. The maximum absolute atomic E-state index is 13.2. The van der Waals surface area contributed by atoms with Crippen molar-refractivity contribution in [2.45, 2.75) is 30.6 Å². The Balaban J connectivity index is 1.71. The standard InChI is InChI=1S/C28H22N2O7/c31-11-17-23(32)24(33)25(34)28(37-17)30-16-8-4-3-7-14(16)19-21-20(26(35)29-27(21)36)18-13-6-2-1-5-12(13)9-10-15(18)22(19)30/h1-10,17,23-25,28,31-34H,11H2,(H,29,35,36)/t17-,23-,24+,25-,28-/m1/s1. The van der Waals surface area contributed by atoms with Gasteiger partial charge in [-0.15, -0.1) is 0 Å². The van der Waals surface area contributed by atoms with E-state index in [0.717, 1.165) is 10.8 Å². The third-order valence-electron chi connectivity index (χ3n) is 7.65. The van der Waals surface area contributed by atoms with Crippen LogP contribution in [-0.4, -0.2) is 67.8 Å². The number of hydrogen-bond acceptors (Lipinski definition) is 7. The van der Waals surface area contributed by atoms with Gasteiger partial charge in [-0.2, -0.15) is 0 Å². The van der Waals surface area contributed by atoms with Crippen LogP contribution >= 0.6 is 0 Å². The number of hydrogen-bond donors (Lipinski definition) is 5. The van der Waals surface area contributed by atoms with E-state index < -0.39 is 49.1 Å². The zero-order valence-corrected chi connectivity index (χ0v) is 19.3. The Morgan fingerprint density at radius 2 is 1.43 bits per heavy atom. The Morgan fingerprint density at radius 1 is 0.757 bits per heavy atom. The number of aliphatic hydroxyl groups excluding tert-OH is 4. The number of rotatable bonds is 2. The second kappa shape index (κ2) is 7.82. The third-order valence-corrected chi connectivity index (χ3v) is 7.65. The van der Waals surface area contributed by atoms with Crippen LogP contribution in [0.4, 0.5) is 0 Å². The van der Waals surface area contributed by atoms with Crippen LogP contribution in [0.5, 0.6) is 0 Å². The van der Waals surface area contributed by atoms with E-state index in [2.05, 4.69) is 5.32 Å². The topological polar surface area (TPSA) is 141 Å². The fourth-order valence-corrected chi connectivity index (χ4v) is 6.01. The molecule has 2 aliphatic rings. The summed E-state index contributed by atoms with van der Waals surface area (Å²) in [4.78, 5) is 26.4. The summed E-state index contributed by atoms with van der Waals surface area (Å²) in [5, 5.41) is 48.4. The normalized spacial score (nSPS) is 25.9. The second-order valence-electron chi connectivity index (χ2n) is 9.57. The number of carbonyl (C=O) groups excluding carboxylic acids is 2. The van der Waals surface area contributed by atoms with Crippen LogP contribution in [0, 0.1) is 0 Å². The van der Waals surface area contributed by atoms with Gasteiger partial charge in [0.25, 0.3) is 11.8 Å². The molecule has 4 aromatic carbocycles. The average Bonchev–Trinajstić information content (AvgIpc) is 3.41. The lowest BCUT2D eigenvalue weighted by Crippen LogP contribution is -2.56. The SMILES string of the molecule is O=C1NC(=O)c2c1c1c3ccccc3ccc1c1c2c2ccccc2n1[C@@H]1O[C@H](CO)[C@@H](O)[C@H](O)[C@H]1O. The average molecular weight is 498 g/mol. The van der Waals surface area contributed by atoms with Crippen LogP contribution in [0.2, 0.25) is 0 Å². The molecule has 0 spiro atoms. The maximum Gasteiger partial charge on any atom is 0.259 e. The van der Waals surface area contributed by atoms with Crippen molar-refractivity contribution in [1.82, 2.24) is 9.88 Å². The van der Waals surface area contributed by atoms with E-state index in [1.807, 2.05) is 48.5 Å². The zero-order chi connectivity index (χ0) is 25.6. The van der Waals surface area contributed by atoms with Gasteiger partial charge in [0.2, 0.25) is 0 Å². The first kappa shape index (κ1) is 22.3. The van der Waals surface area contributed by atoms with E-state index in [4.69, 9.17) is 4.74 Å². The lowest BCUT2D eigenvalue weighted by molar-refractivity contribution is -0.249. The van der Waals surface area contributed by atoms with Gasteiger partial charge in [-0.25, -0.2) is 0 Å². The molecule has 0 saturated carbocycles. The first-order valence-corrected chi connectivity index (χ1v) is 12.0. The summed E-state index contributed by atoms with van der Waals surface area (Å²) in [6.07, 6.45) is -6.97. The van der Waals surface area contributed by atoms with Crippen molar-refractivity contribution in [2.24, 2.45) is 0 Å². The molecule has 186 valence electrons. The van der Waals surface area contributed by atoms with Gasteiger partial charge in [0.1, 0.15) is 24.4 Å². The third kappa shape index (κ3) is 2.85. The molecule has 1 fully saturated rings. The number of ether oxygens (including phenoxy) is 1. The molecule has 5 aromatic rings. The maximum atomic E-state index is 13.2. The molecule has 3 heterocycles. The highest BCUT2D eigenvalue weighted by atomic mass is 16.6. The minimum atomic E-state index is -1.58. The van der Waals surface area contributed by atoms with Gasteiger partial charge < -0.3 is 29.7 Å². The van der Waals surface area contributed by atoms with Crippen molar-refractivity contribution in [3.05, 3.63) is 71.8 Å². The highest BCUT2D eigenvalue weighted by molar-refractivity contribution is 6.39. The number of nitrogens with zero attached hydrogens (tertiary/aromatic N) is 1. The summed E-state index contributed by atoms with van der Waals surface area (Å²) in [6, 6.07) is 18.6. The summed E-state index contributed by atoms with van der Waals surface area (Å²) in [6.45, 7) is -0.573. The number of carbonyl (C=O) groups is 2. The molecule has 9 heteroatoms. The number of amides is 2. The van der Waals surface area contributed by atoms with Crippen LogP contribution in [-0.2, 0) is 4.74 Å². The van der Waals surface area contributed by atoms with Crippen molar-refractivity contribution in [1.29, 1.82) is 0 Å². The fraction of sp³-hybridized carbons (Fsp3) is 0.214.